The average Bonchev–Trinajstić information content (AvgIpc) is 2.97. The zero-order valence-corrected chi connectivity index (χ0v) is 9.52. The van der Waals surface area contributed by atoms with Crippen LogP contribution in [0.2, 0.25) is 0 Å². The Labute approximate surface area is 89.8 Å². The van der Waals surface area contributed by atoms with Crippen molar-refractivity contribution in [1.82, 2.24) is 0 Å². The van der Waals surface area contributed by atoms with E-state index in [4.69, 9.17) is 10.5 Å². The van der Waals surface area contributed by atoms with Crippen molar-refractivity contribution in [2.75, 3.05) is 18.6 Å². The van der Waals surface area contributed by atoms with Gasteiger partial charge in [0.15, 0.2) is 0 Å². The maximum atomic E-state index is 11.3. The van der Waals surface area contributed by atoms with Crippen molar-refractivity contribution in [2.45, 2.75) is 31.7 Å². The maximum absolute atomic E-state index is 11.3. The molecule has 0 aromatic carbocycles. The minimum Gasteiger partial charge on any atom is -0.465 e. The van der Waals surface area contributed by atoms with Crippen LogP contribution in [0, 0.1) is 5.92 Å². The molecule has 1 unspecified atom stereocenters. The standard InChI is InChI=1S/C10H19NO2S/c1-14-7-5-9(11)10(12)13-6-4-8-2-3-8/h8-9H,2-7,11H2,1H3. The molecule has 1 fully saturated rings. The van der Waals surface area contributed by atoms with E-state index in [1.54, 1.807) is 11.8 Å². The van der Waals surface area contributed by atoms with Crippen molar-refractivity contribution in [3.8, 4) is 0 Å². The summed E-state index contributed by atoms with van der Waals surface area (Å²) in [5, 5.41) is 0. The second-order valence-corrected chi connectivity index (χ2v) is 4.77. The molecule has 0 spiro atoms. The van der Waals surface area contributed by atoms with Gasteiger partial charge in [-0.05, 0) is 30.8 Å². The molecule has 1 atom stereocenters. The van der Waals surface area contributed by atoms with Gasteiger partial charge in [-0.3, -0.25) is 4.79 Å². The molecule has 0 bridgehead atoms. The number of carbonyl (C=O) groups is 1. The van der Waals surface area contributed by atoms with E-state index in [0.29, 0.717) is 13.0 Å². The van der Waals surface area contributed by atoms with Crippen molar-refractivity contribution in [2.24, 2.45) is 11.7 Å². The van der Waals surface area contributed by atoms with Gasteiger partial charge in [0.05, 0.1) is 6.61 Å². The lowest BCUT2D eigenvalue weighted by Gasteiger charge is -2.10. The van der Waals surface area contributed by atoms with Gasteiger partial charge in [0.25, 0.3) is 0 Å². The number of ether oxygens (including phenoxy) is 1. The Morgan fingerprint density at radius 3 is 2.93 bits per heavy atom. The lowest BCUT2D eigenvalue weighted by atomic mass is 10.2. The van der Waals surface area contributed by atoms with Crippen LogP contribution >= 0.6 is 11.8 Å². The predicted octanol–water partition coefficient (Wildman–Crippen LogP) is 1.41. The normalized spacial score (nSPS) is 17.9. The number of esters is 1. The van der Waals surface area contributed by atoms with Gasteiger partial charge in [-0.1, -0.05) is 12.8 Å². The van der Waals surface area contributed by atoms with Crippen molar-refractivity contribution in [3.63, 3.8) is 0 Å². The summed E-state index contributed by atoms with van der Waals surface area (Å²) in [5.41, 5.74) is 5.65. The minimum atomic E-state index is -0.429. The van der Waals surface area contributed by atoms with E-state index in [1.165, 1.54) is 12.8 Å². The lowest BCUT2D eigenvalue weighted by Crippen LogP contribution is -2.33. The van der Waals surface area contributed by atoms with Gasteiger partial charge in [0.2, 0.25) is 0 Å². The fourth-order valence-corrected chi connectivity index (χ4v) is 1.69. The second-order valence-electron chi connectivity index (χ2n) is 3.79. The number of rotatable bonds is 7. The molecular formula is C10H19NO2S. The number of nitrogens with two attached hydrogens (primary N) is 1. The Kier molecular flexibility index (Phi) is 5.33. The zero-order chi connectivity index (χ0) is 10.4. The molecule has 82 valence electrons. The fraction of sp³-hybridized carbons (Fsp3) is 0.900. The molecule has 0 saturated heterocycles. The molecule has 2 N–H and O–H groups in total. The summed E-state index contributed by atoms with van der Waals surface area (Å²) < 4.78 is 5.08. The first kappa shape index (κ1) is 11.9. The Bertz CT molecular complexity index is 183. The molecule has 14 heavy (non-hydrogen) atoms. The molecule has 0 aromatic rings. The Balaban J connectivity index is 2.00. The van der Waals surface area contributed by atoms with Crippen molar-refractivity contribution in [3.05, 3.63) is 0 Å². The van der Waals surface area contributed by atoms with Crippen LogP contribution in [-0.4, -0.2) is 30.6 Å². The number of hydrogen-bond acceptors (Lipinski definition) is 4. The predicted molar refractivity (Wildman–Crippen MR) is 59.3 cm³/mol. The number of carbonyl (C=O) groups excluding carboxylic acids is 1. The summed E-state index contributed by atoms with van der Waals surface area (Å²) in [6.45, 7) is 0.552. The highest BCUT2D eigenvalue weighted by molar-refractivity contribution is 7.98. The van der Waals surface area contributed by atoms with E-state index >= 15 is 0 Å². The van der Waals surface area contributed by atoms with Gasteiger partial charge in [-0.15, -0.1) is 0 Å². The molecule has 3 nitrogen and oxygen atoms in total. The summed E-state index contributed by atoms with van der Waals surface area (Å²) in [5.74, 6) is 1.49. The van der Waals surface area contributed by atoms with Gasteiger partial charge in [-0.2, -0.15) is 11.8 Å². The van der Waals surface area contributed by atoms with E-state index in [-0.39, 0.29) is 5.97 Å². The molecule has 0 amide bonds. The number of hydrogen-bond donors (Lipinski definition) is 1. The van der Waals surface area contributed by atoms with Crippen LogP contribution in [0.15, 0.2) is 0 Å². The SMILES string of the molecule is CSCCC(N)C(=O)OCCC1CC1. The molecule has 0 radical (unpaired) electrons. The lowest BCUT2D eigenvalue weighted by molar-refractivity contribution is -0.145. The van der Waals surface area contributed by atoms with Crippen LogP contribution in [0.1, 0.15) is 25.7 Å². The van der Waals surface area contributed by atoms with E-state index < -0.39 is 6.04 Å². The number of thioether (sulfide) groups is 1. The first-order valence-electron chi connectivity index (χ1n) is 5.15. The second kappa shape index (κ2) is 6.30. The van der Waals surface area contributed by atoms with E-state index in [1.807, 2.05) is 6.26 Å². The molecule has 0 aromatic heterocycles. The molecule has 0 heterocycles. The first-order chi connectivity index (χ1) is 6.74. The highest BCUT2D eigenvalue weighted by Gasteiger charge is 2.22. The van der Waals surface area contributed by atoms with E-state index in [2.05, 4.69) is 0 Å². The van der Waals surface area contributed by atoms with Crippen molar-refractivity contribution >= 4 is 17.7 Å². The van der Waals surface area contributed by atoms with Gasteiger partial charge in [-0.25, -0.2) is 0 Å². The smallest absolute Gasteiger partial charge is 0.322 e. The van der Waals surface area contributed by atoms with Gasteiger partial charge >= 0.3 is 5.97 Å². The minimum absolute atomic E-state index is 0.236. The van der Waals surface area contributed by atoms with Crippen molar-refractivity contribution < 1.29 is 9.53 Å². The molecule has 1 saturated carbocycles. The highest BCUT2D eigenvalue weighted by Crippen LogP contribution is 2.32. The highest BCUT2D eigenvalue weighted by atomic mass is 32.2. The fourth-order valence-electron chi connectivity index (χ4n) is 1.20. The van der Waals surface area contributed by atoms with Crippen LogP contribution in [0.3, 0.4) is 0 Å². The van der Waals surface area contributed by atoms with Crippen LogP contribution in [0.4, 0.5) is 0 Å². The zero-order valence-electron chi connectivity index (χ0n) is 8.70. The van der Waals surface area contributed by atoms with Crippen molar-refractivity contribution in [1.29, 1.82) is 0 Å². The third-order valence-electron chi connectivity index (χ3n) is 2.40. The summed E-state index contributed by atoms with van der Waals surface area (Å²) >= 11 is 1.70. The van der Waals surface area contributed by atoms with Crippen LogP contribution in [-0.2, 0) is 9.53 Å². The average molecular weight is 217 g/mol. The summed E-state index contributed by atoms with van der Waals surface area (Å²) in [7, 11) is 0. The summed E-state index contributed by atoms with van der Waals surface area (Å²) in [6.07, 6.45) is 6.34. The first-order valence-corrected chi connectivity index (χ1v) is 6.54. The van der Waals surface area contributed by atoms with E-state index in [0.717, 1.165) is 18.1 Å². The third-order valence-corrected chi connectivity index (χ3v) is 3.05. The molecular weight excluding hydrogens is 198 g/mol. The topological polar surface area (TPSA) is 52.3 Å². The maximum Gasteiger partial charge on any atom is 0.322 e. The quantitative estimate of drug-likeness (QED) is 0.655. The molecule has 1 aliphatic rings. The van der Waals surface area contributed by atoms with Crippen LogP contribution < -0.4 is 5.73 Å². The van der Waals surface area contributed by atoms with Crippen LogP contribution in [0.25, 0.3) is 0 Å². The Morgan fingerprint density at radius 2 is 2.36 bits per heavy atom. The monoisotopic (exact) mass is 217 g/mol. The van der Waals surface area contributed by atoms with Gasteiger partial charge < -0.3 is 10.5 Å². The van der Waals surface area contributed by atoms with E-state index in [9.17, 15) is 4.79 Å². The van der Waals surface area contributed by atoms with Gasteiger partial charge in [0.1, 0.15) is 6.04 Å². The Hall–Kier alpha value is -0.220. The van der Waals surface area contributed by atoms with Crippen LogP contribution in [0.5, 0.6) is 0 Å². The Morgan fingerprint density at radius 1 is 1.64 bits per heavy atom. The van der Waals surface area contributed by atoms with Gasteiger partial charge in [0, 0.05) is 0 Å². The molecule has 4 heteroatoms. The largest absolute Gasteiger partial charge is 0.465 e. The third kappa shape index (κ3) is 4.86. The summed E-state index contributed by atoms with van der Waals surface area (Å²) in [6, 6.07) is -0.429. The summed E-state index contributed by atoms with van der Waals surface area (Å²) in [4.78, 5) is 11.3. The molecule has 0 aliphatic heterocycles. The molecule has 1 aliphatic carbocycles. The molecule has 1 rings (SSSR count).